The first-order chi connectivity index (χ1) is 10.0. The van der Waals surface area contributed by atoms with Gasteiger partial charge in [-0.05, 0) is 24.4 Å². The van der Waals surface area contributed by atoms with E-state index in [9.17, 15) is 9.59 Å². The predicted octanol–water partition coefficient (Wildman–Crippen LogP) is 2.92. The third-order valence-corrected chi connectivity index (χ3v) is 3.74. The van der Waals surface area contributed by atoms with Crippen molar-refractivity contribution in [3.8, 4) is 0 Å². The molecule has 1 aromatic carbocycles. The molecule has 0 radical (unpaired) electrons. The van der Waals surface area contributed by atoms with Crippen LogP contribution in [-0.4, -0.2) is 31.4 Å². The maximum absolute atomic E-state index is 12.5. The molecule has 116 valence electrons. The van der Waals surface area contributed by atoms with E-state index in [0.717, 1.165) is 6.42 Å². The maximum atomic E-state index is 12.5. The van der Waals surface area contributed by atoms with Gasteiger partial charge in [0.2, 0.25) is 0 Å². The van der Waals surface area contributed by atoms with Gasteiger partial charge < -0.3 is 10.1 Å². The highest BCUT2D eigenvalue weighted by Gasteiger charge is 2.22. The third-order valence-electron chi connectivity index (χ3n) is 3.74. The van der Waals surface area contributed by atoms with E-state index in [2.05, 4.69) is 23.9 Å². The lowest BCUT2D eigenvalue weighted by Crippen LogP contribution is -2.38. The second-order valence-electron chi connectivity index (χ2n) is 5.19. The Kier molecular flexibility index (Phi) is 7.09. The normalized spacial score (nSPS) is 13.5. The summed E-state index contributed by atoms with van der Waals surface area (Å²) in [5.74, 6) is 0.0252. The second kappa shape index (κ2) is 8.57. The van der Waals surface area contributed by atoms with E-state index in [1.807, 2.05) is 31.2 Å². The van der Waals surface area contributed by atoms with Crippen LogP contribution in [-0.2, 0) is 9.53 Å². The van der Waals surface area contributed by atoms with Crippen LogP contribution < -0.4 is 5.32 Å². The number of carbonyl (C=O) groups excluding carboxylic acids is 2. The highest BCUT2D eigenvalue weighted by molar-refractivity contribution is 6.01. The van der Waals surface area contributed by atoms with E-state index in [-0.39, 0.29) is 18.2 Å². The summed E-state index contributed by atoms with van der Waals surface area (Å²) in [6.45, 7) is 6.83. The molecule has 0 aliphatic rings. The molecule has 0 amide bonds. The molecular weight excluding hydrogens is 266 g/mol. The Morgan fingerprint density at radius 3 is 2.29 bits per heavy atom. The molecule has 0 spiro atoms. The van der Waals surface area contributed by atoms with Crippen molar-refractivity contribution >= 4 is 11.8 Å². The van der Waals surface area contributed by atoms with Gasteiger partial charge in [-0.1, -0.05) is 45.0 Å². The summed E-state index contributed by atoms with van der Waals surface area (Å²) in [4.78, 5) is 23.9. The minimum Gasteiger partial charge on any atom is -0.469 e. The van der Waals surface area contributed by atoms with Gasteiger partial charge in [-0.25, -0.2) is 0 Å². The molecule has 0 aliphatic heterocycles. The Bertz CT molecular complexity index is 467. The second-order valence-corrected chi connectivity index (χ2v) is 5.19. The predicted molar refractivity (Wildman–Crippen MR) is 83.6 cm³/mol. The molecule has 4 heteroatoms. The SMILES string of the molecule is CCNC(CC(=O)OC)C(=O)c1ccc(C(C)CC)cc1. The summed E-state index contributed by atoms with van der Waals surface area (Å²) in [7, 11) is 1.33. The first-order valence-corrected chi connectivity index (χ1v) is 7.47. The number of rotatable bonds is 8. The molecule has 0 fully saturated rings. The minimum atomic E-state index is -0.531. The third kappa shape index (κ3) is 4.97. The maximum Gasteiger partial charge on any atom is 0.307 e. The topological polar surface area (TPSA) is 55.4 Å². The van der Waals surface area contributed by atoms with Crippen molar-refractivity contribution < 1.29 is 14.3 Å². The molecule has 0 bridgehead atoms. The van der Waals surface area contributed by atoms with Crippen molar-refractivity contribution in [1.82, 2.24) is 5.32 Å². The smallest absolute Gasteiger partial charge is 0.307 e. The number of methoxy groups -OCH3 is 1. The average Bonchev–Trinajstić information content (AvgIpc) is 2.52. The molecule has 0 saturated carbocycles. The number of ether oxygens (including phenoxy) is 1. The van der Waals surface area contributed by atoms with E-state index >= 15 is 0 Å². The Labute approximate surface area is 126 Å². The number of benzene rings is 1. The van der Waals surface area contributed by atoms with Crippen LogP contribution in [0.2, 0.25) is 0 Å². The van der Waals surface area contributed by atoms with Crippen molar-refractivity contribution in [2.75, 3.05) is 13.7 Å². The van der Waals surface area contributed by atoms with Crippen LogP contribution in [0.5, 0.6) is 0 Å². The molecule has 0 saturated heterocycles. The highest BCUT2D eigenvalue weighted by atomic mass is 16.5. The van der Waals surface area contributed by atoms with Crippen molar-refractivity contribution in [2.45, 2.75) is 45.6 Å². The van der Waals surface area contributed by atoms with Crippen LogP contribution in [0.1, 0.15) is 55.5 Å². The Balaban J connectivity index is 2.85. The zero-order chi connectivity index (χ0) is 15.8. The number of hydrogen-bond donors (Lipinski definition) is 1. The quantitative estimate of drug-likeness (QED) is 0.591. The Morgan fingerprint density at radius 1 is 1.19 bits per heavy atom. The number of carbonyl (C=O) groups is 2. The number of ketones is 1. The number of hydrogen-bond acceptors (Lipinski definition) is 4. The van der Waals surface area contributed by atoms with Gasteiger partial charge in [-0.3, -0.25) is 9.59 Å². The average molecular weight is 291 g/mol. The number of nitrogens with one attached hydrogen (secondary N) is 1. The van der Waals surface area contributed by atoms with Crippen LogP contribution in [0.3, 0.4) is 0 Å². The van der Waals surface area contributed by atoms with Gasteiger partial charge in [-0.2, -0.15) is 0 Å². The van der Waals surface area contributed by atoms with E-state index < -0.39 is 6.04 Å². The molecule has 2 unspecified atom stereocenters. The Morgan fingerprint density at radius 2 is 1.81 bits per heavy atom. The fourth-order valence-corrected chi connectivity index (χ4v) is 2.17. The van der Waals surface area contributed by atoms with Crippen LogP contribution >= 0.6 is 0 Å². The fraction of sp³-hybridized carbons (Fsp3) is 0.529. The molecular formula is C17H25NO3. The molecule has 1 rings (SSSR count). The minimum absolute atomic E-state index is 0.0519. The zero-order valence-electron chi connectivity index (χ0n) is 13.3. The van der Waals surface area contributed by atoms with Gasteiger partial charge >= 0.3 is 5.97 Å². The summed E-state index contributed by atoms with van der Waals surface area (Å²) in [5, 5.41) is 3.04. The van der Waals surface area contributed by atoms with Gasteiger partial charge in [-0.15, -0.1) is 0 Å². The van der Waals surface area contributed by atoms with Crippen LogP contribution in [0, 0.1) is 0 Å². The van der Waals surface area contributed by atoms with Gasteiger partial charge in [0.1, 0.15) is 0 Å². The molecule has 0 aromatic heterocycles. The molecule has 21 heavy (non-hydrogen) atoms. The summed E-state index contributed by atoms with van der Waals surface area (Å²) >= 11 is 0. The molecule has 0 aliphatic carbocycles. The summed E-state index contributed by atoms with van der Waals surface area (Å²) in [6, 6.07) is 7.12. The fourth-order valence-electron chi connectivity index (χ4n) is 2.17. The lowest BCUT2D eigenvalue weighted by molar-refractivity contribution is -0.140. The van der Waals surface area contributed by atoms with Gasteiger partial charge in [0.15, 0.2) is 5.78 Å². The lowest BCUT2D eigenvalue weighted by Gasteiger charge is -2.16. The molecule has 1 aromatic rings. The summed E-state index contributed by atoms with van der Waals surface area (Å²) < 4.78 is 4.65. The molecule has 0 heterocycles. The number of esters is 1. The lowest BCUT2D eigenvalue weighted by atomic mass is 9.95. The van der Waals surface area contributed by atoms with Crippen molar-refractivity contribution in [3.05, 3.63) is 35.4 Å². The van der Waals surface area contributed by atoms with Crippen LogP contribution in [0.15, 0.2) is 24.3 Å². The molecule has 1 N–H and O–H groups in total. The van der Waals surface area contributed by atoms with Crippen LogP contribution in [0.4, 0.5) is 0 Å². The van der Waals surface area contributed by atoms with Gasteiger partial charge in [0.05, 0.1) is 19.6 Å². The van der Waals surface area contributed by atoms with Crippen molar-refractivity contribution in [1.29, 1.82) is 0 Å². The zero-order valence-corrected chi connectivity index (χ0v) is 13.3. The van der Waals surface area contributed by atoms with Crippen molar-refractivity contribution in [3.63, 3.8) is 0 Å². The van der Waals surface area contributed by atoms with E-state index in [4.69, 9.17) is 0 Å². The van der Waals surface area contributed by atoms with E-state index in [1.54, 1.807) is 0 Å². The standard InChI is InChI=1S/C17H25NO3/c1-5-12(3)13-7-9-14(10-8-13)17(20)15(18-6-2)11-16(19)21-4/h7-10,12,15,18H,5-6,11H2,1-4H3. The van der Waals surface area contributed by atoms with Gasteiger partial charge in [0.25, 0.3) is 0 Å². The highest BCUT2D eigenvalue weighted by Crippen LogP contribution is 2.19. The number of Topliss-reactive ketones (excluding diaryl/α,β-unsaturated/α-hetero) is 1. The first-order valence-electron chi connectivity index (χ1n) is 7.47. The van der Waals surface area contributed by atoms with E-state index in [1.165, 1.54) is 12.7 Å². The van der Waals surface area contributed by atoms with Gasteiger partial charge in [0, 0.05) is 5.56 Å². The molecule has 4 nitrogen and oxygen atoms in total. The Hall–Kier alpha value is -1.68. The summed E-state index contributed by atoms with van der Waals surface area (Å²) in [6.07, 6.45) is 1.12. The number of likely N-dealkylation sites (N-methyl/N-ethyl adjacent to an activating group) is 1. The van der Waals surface area contributed by atoms with Crippen molar-refractivity contribution in [2.24, 2.45) is 0 Å². The monoisotopic (exact) mass is 291 g/mol. The molecule has 2 atom stereocenters. The largest absolute Gasteiger partial charge is 0.469 e. The van der Waals surface area contributed by atoms with E-state index in [0.29, 0.717) is 18.0 Å². The first kappa shape index (κ1) is 17.4. The van der Waals surface area contributed by atoms with Crippen LogP contribution in [0.25, 0.3) is 0 Å². The summed E-state index contributed by atoms with van der Waals surface area (Å²) in [5.41, 5.74) is 1.85.